The summed E-state index contributed by atoms with van der Waals surface area (Å²) in [5.74, 6) is 1.08. The molecule has 0 amide bonds. The minimum Gasteiger partial charge on any atom is -0.445 e. The minimum atomic E-state index is -3.41. The van der Waals surface area contributed by atoms with E-state index in [0.717, 1.165) is 28.6 Å². The molecule has 0 unspecified atom stereocenters. The van der Waals surface area contributed by atoms with Gasteiger partial charge in [-0.1, -0.05) is 19.9 Å². The summed E-state index contributed by atoms with van der Waals surface area (Å²) in [5.41, 5.74) is 3.14. The molecular formula is C19H26N4O3S. The number of aromatic nitrogens is 2. The molecule has 8 heteroatoms. The van der Waals surface area contributed by atoms with Gasteiger partial charge in [0.1, 0.15) is 6.26 Å². The molecule has 3 aromatic rings. The summed E-state index contributed by atoms with van der Waals surface area (Å²) in [7, 11) is -0.384. The van der Waals surface area contributed by atoms with Crippen LogP contribution in [0.5, 0.6) is 0 Å². The SMILES string of the molecule is CC(C)Cn1cc(CCNS(=O)(=O)N(C)C)c2ccc(-c3ncco3)cc21. The largest absolute Gasteiger partial charge is 0.445 e. The fraction of sp³-hybridized carbons (Fsp3) is 0.421. The van der Waals surface area contributed by atoms with E-state index in [1.54, 1.807) is 12.5 Å². The minimum absolute atomic E-state index is 0.350. The first-order chi connectivity index (χ1) is 12.8. The molecule has 0 bridgehead atoms. The maximum Gasteiger partial charge on any atom is 0.278 e. The Morgan fingerprint density at radius 1 is 1.30 bits per heavy atom. The maximum absolute atomic E-state index is 11.9. The summed E-state index contributed by atoms with van der Waals surface area (Å²) in [6.07, 6.45) is 5.94. The first-order valence-corrected chi connectivity index (χ1v) is 10.4. The van der Waals surface area contributed by atoms with Crippen LogP contribution in [0, 0.1) is 5.92 Å². The molecule has 0 spiro atoms. The van der Waals surface area contributed by atoms with Crippen molar-refractivity contribution in [3.8, 4) is 11.5 Å². The monoisotopic (exact) mass is 390 g/mol. The third-order valence-electron chi connectivity index (χ3n) is 4.37. The fourth-order valence-corrected chi connectivity index (χ4v) is 3.67. The zero-order valence-corrected chi connectivity index (χ0v) is 17.0. The average molecular weight is 391 g/mol. The number of hydrogen-bond acceptors (Lipinski definition) is 4. The molecule has 0 saturated carbocycles. The highest BCUT2D eigenvalue weighted by Crippen LogP contribution is 2.28. The number of benzene rings is 1. The van der Waals surface area contributed by atoms with Crippen LogP contribution < -0.4 is 4.72 Å². The average Bonchev–Trinajstić information content (AvgIpc) is 3.23. The van der Waals surface area contributed by atoms with Crippen molar-refractivity contribution in [1.29, 1.82) is 0 Å². The lowest BCUT2D eigenvalue weighted by Gasteiger charge is -2.11. The Kier molecular flexibility index (Phi) is 5.69. The number of nitrogens with zero attached hydrogens (tertiary/aromatic N) is 3. The summed E-state index contributed by atoms with van der Waals surface area (Å²) >= 11 is 0. The predicted octanol–water partition coefficient (Wildman–Crippen LogP) is 2.89. The van der Waals surface area contributed by atoms with Crippen LogP contribution in [0.4, 0.5) is 0 Å². The Balaban J connectivity index is 1.91. The quantitative estimate of drug-likeness (QED) is 0.641. The van der Waals surface area contributed by atoms with Gasteiger partial charge in [0.25, 0.3) is 10.2 Å². The first-order valence-electron chi connectivity index (χ1n) is 8.96. The van der Waals surface area contributed by atoms with E-state index in [4.69, 9.17) is 4.42 Å². The number of hydrogen-bond donors (Lipinski definition) is 1. The van der Waals surface area contributed by atoms with Gasteiger partial charge >= 0.3 is 0 Å². The third-order valence-corrected chi connectivity index (χ3v) is 5.90. The number of nitrogens with one attached hydrogen (secondary N) is 1. The topological polar surface area (TPSA) is 80.4 Å². The van der Waals surface area contributed by atoms with Crippen LogP contribution in [-0.2, 0) is 23.2 Å². The Hall–Kier alpha value is -2.16. The number of rotatable bonds is 8. The van der Waals surface area contributed by atoms with Crippen molar-refractivity contribution in [2.24, 2.45) is 5.92 Å². The van der Waals surface area contributed by atoms with Crippen LogP contribution in [0.3, 0.4) is 0 Å². The number of fused-ring (bicyclic) bond motifs is 1. The van der Waals surface area contributed by atoms with Crippen LogP contribution in [0.2, 0.25) is 0 Å². The van der Waals surface area contributed by atoms with E-state index in [0.29, 0.717) is 24.8 Å². The van der Waals surface area contributed by atoms with Crippen LogP contribution in [0.15, 0.2) is 41.3 Å². The van der Waals surface area contributed by atoms with Gasteiger partial charge in [0.05, 0.1) is 6.20 Å². The van der Waals surface area contributed by atoms with Crippen molar-refractivity contribution in [1.82, 2.24) is 18.6 Å². The van der Waals surface area contributed by atoms with E-state index in [1.807, 2.05) is 6.07 Å². The van der Waals surface area contributed by atoms with Crippen LogP contribution in [0.25, 0.3) is 22.4 Å². The lowest BCUT2D eigenvalue weighted by Crippen LogP contribution is -2.36. The molecular weight excluding hydrogens is 364 g/mol. The van der Waals surface area contributed by atoms with Crippen LogP contribution in [0.1, 0.15) is 19.4 Å². The predicted molar refractivity (Wildman–Crippen MR) is 107 cm³/mol. The molecule has 1 aromatic carbocycles. The molecule has 0 aliphatic rings. The summed E-state index contributed by atoms with van der Waals surface area (Å²) in [6.45, 7) is 5.58. The van der Waals surface area contributed by atoms with E-state index in [2.05, 4.69) is 46.5 Å². The van der Waals surface area contributed by atoms with Gasteiger partial charge in [0.15, 0.2) is 0 Å². The maximum atomic E-state index is 11.9. The van der Waals surface area contributed by atoms with Crippen molar-refractivity contribution in [3.63, 3.8) is 0 Å². The summed E-state index contributed by atoms with van der Waals surface area (Å²) in [6, 6.07) is 6.12. The summed E-state index contributed by atoms with van der Waals surface area (Å²) in [4.78, 5) is 4.23. The van der Waals surface area contributed by atoms with E-state index in [1.165, 1.54) is 18.4 Å². The van der Waals surface area contributed by atoms with Gasteiger partial charge in [0.2, 0.25) is 5.89 Å². The van der Waals surface area contributed by atoms with Crippen LogP contribution in [-0.4, -0.2) is 42.9 Å². The second-order valence-corrected chi connectivity index (χ2v) is 9.17. The molecule has 0 aliphatic heterocycles. The summed E-state index contributed by atoms with van der Waals surface area (Å²) < 4.78 is 35.2. The lowest BCUT2D eigenvalue weighted by atomic mass is 10.1. The molecule has 0 atom stereocenters. The normalized spacial score (nSPS) is 12.5. The molecule has 0 aliphatic carbocycles. The third kappa shape index (κ3) is 4.40. The molecule has 2 heterocycles. The van der Waals surface area contributed by atoms with Gasteiger partial charge in [-0.15, -0.1) is 0 Å². The molecule has 27 heavy (non-hydrogen) atoms. The molecule has 146 valence electrons. The Bertz CT molecular complexity index is 1010. The van der Waals surface area contributed by atoms with Crippen molar-refractivity contribution in [2.75, 3.05) is 20.6 Å². The van der Waals surface area contributed by atoms with Gasteiger partial charge in [0, 0.05) is 49.8 Å². The first kappa shape index (κ1) is 19.6. The van der Waals surface area contributed by atoms with Crippen molar-refractivity contribution < 1.29 is 12.8 Å². The zero-order chi connectivity index (χ0) is 19.6. The molecule has 2 aromatic heterocycles. The molecule has 0 saturated heterocycles. The molecule has 7 nitrogen and oxygen atoms in total. The number of oxazole rings is 1. The molecule has 0 fully saturated rings. The van der Waals surface area contributed by atoms with Crippen molar-refractivity contribution >= 4 is 21.1 Å². The van der Waals surface area contributed by atoms with Crippen LogP contribution >= 0.6 is 0 Å². The summed E-state index contributed by atoms with van der Waals surface area (Å²) in [5, 5.41) is 1.12. The second-order valence-electron chi connectivity index (χ2n) is 7.20. The smallest absolute Gasteiger partial charge is 0.278 e. The van der Waals surface area contributed by atoms with Gasteiger partial charge in [-0.3, -0.25) is 0 Å². The van der Waals surface area contributed by atoms with E-state index >= 15 is 0 Å². The Morgan fingerprint density at radius 3 is 2.70 bits per heavy atom. The van der Waals surface area contributed by atoms with Crippen molar-refractivity contribution in [2.45, 2.75) is 26.8 Å². The van der Waals surface area contributed by atoms with Gasteiger partial charge in [-0.05, 0) is 30.0 Å². The highest BCUT2D eigenvalue weighted by Gasteiger charge is 2.15. The second kappa shape index (κ2) is 7.84. The standard InChI is InChI=1S/C19H26N4O3S/c1-14(2)12-23-13-16(7-8-21-27(24,25)22(3)4)17-6-5-15(11-18(17)23)19-20-9-10-26-19/h5-6,9-11,13-14,21H,7-8,12H2,1-4H3. The van der Waals surface area contributed by atoms with E-state index in [9.17, 15) is 8.42 Å². The molecule has 0 radical (unpaired) electrons. The highest BCUT2D eigenvalue weighted by atomic mass is 32.2. The van der Waals surface area contributed by atoms with Crippen molar-refractivity contribution in [3.05, 3.63) is 42.4 Å². The lowest BCUT2D eigenvalue weighted by molar-refractivity contribution is 0.506. The van der Waals surface area contributed by atoms with E-state index in [-0.39, 0.29) is 0 Å². The zero-order valence-electron chi connectivity index (χ0n) is 16.1. The fourth-order valence-electron chi connectivity index (χ4n) is 3.05. The van der Waals surface area contributed by atoms with Gasteiger partial charge in [-0.25, -0.2) is 9.71 Å². The molecule has 1 N–H and O–H groups in total. The van der Waals surface area contributed by atoms with E-state index < -0.39 is 10.2 Å². The molecule has 3 rings (SSSR count). The Morgan fingerprint density at radius 2 is 2.07 bits per heavy atom. The van der Waals surface area contributed by atoms with Gasteiger partial charge in [-0.2, -0.15) is 12.7 Å². The Labute approximate surface area is 160 Å². The van der Waals surface area contributed by atoms with Gasteiger partial charge < -0.3 is 8.98 Å². The highest BCUT2D eigenvalue weighted by molar-refractivity contribution is 7.87.